The first-order valence-corrected chi connectivity index (χ1v) is 8.39. The second kappa shape index (κ2) is 6.32. The summed E-state index contributed by atoms with van der Waals surface area (Å²) < 4.78 is 22.5. The predicted molar refractivity (Wildman–Crippen MR) is 93.5 cm³/mol. The average molecular weight is 379 g/mol. The highest BCUT2D eigenvalue weighted by atomic mass is 79.9. The summed E-state index contributed by atoms with van der Waals surface area (Å²) >= 11 is 3.53. The second-order valence-electron chi connectivity index (χ2n) is 5.26. The summed E-state index contributed by atoms with van der Waals surface area (Å²) in [5, 5.41) is 0.682. The topological polar surface area (TPSA) is 36.9 Å². The Morgan fingerprint density at radius 2 is 1.43 bits per heavy atom. The molecule has 0 saturated heterocycles. The molecule has 122 valence electrons. The minimum absolute atomic E-state index is 0.682. The molecule has 23 heavy (non-hydrogen) atoms. The lowest BCUT2D eigenvalue weighted by molar-refractivity contribution is 0.398. The fraction of sp³-hybridized carbons (Fsp3) is 0.333. The molecule has 2 aromatic rings. The van der Waals surface area contributed by atoms with Crippen LogP contribution in [0.5, 0.6) is 23.0 Å². The second-order valence-corrected chi connectivity index (χ2v) is 5.82. The molecular weight excluding hydrogens is 360 g/mol. The van der Waals surface area contributed by atoms with Crippen LogP contribution >= 0.6 is 15.9 Å². The maximum atomic E-state index is 5.73. The van der Waals surface area contributed by atoms with Crippen LogP contribution in [-0.4, -0.2) is 28.4 Å². The molecule has 0 radical (unpaired) electrons. The van der Waals surface area contributed by atoms with Crippen molar-refractivity contribution >= 4 is 15.9 Å². The van der Waals surface area contributed by atoms with E-state index in [4.69, 9.17) is 18.9 Å². The summed E-state index contributed by atoms with van der Waals surface area (Å²) in [6.45, 7) is 0. The van der Waals surface area contributed by atoms with Crippen LogP contribution in [-0.2, 0) is 11.8 Å². The standard InChI is InChI=1S/C18H19BrO4/c1-20-13-5-6-14(21-2)16-11(13)8-12-15(22-3)7-10(9-19)18(23-4)17(12)16/h5-7H,8-9H2,1-4H3. The van der Waals surface area contributed by atoms with E-state index in [0.717, 1.165) is 57.2 Å². The first kappa shape index (κ1) is 16.0. The highest BCUT2D eigenvalue weighted by molar-refractivity contribution is 9.08. The van der Waals surface area contributed by atoms with Gasteiger partial charge in [0.05, 0.1) is 28.4 Å². The molecule has 0 aliphatic heterocycles. The van der Waals surface area contributed by atoms with E-state index < -0.39 is 0 Å². The molecule has 0 bridgehead atoms. The molecule has 0 amide bonds. The first-order valence-electron chi connectivity index (χ1n) is 7.27. The lowest BCUT2D eigenvalue weighted by atomic mass is 9.99. The zero-order valence-electron chi connectivity index (χ0n) is 13.7. The van der Waals surface area contributed by atoms with E-state index in [1.54, 1.807) is 28.4 Å². The Morgan fingerprint density at radius 3 is 2.00 bits per heavy atom. The molecule has 0 unspecified atom stereocenters. The van der Waals surface area contributed by atoms with Gasteiger partial charge >= 0.3 is 0 Å². The average Bonchev–Trinajstić information content (AvgIpc) is 2.99. The summed E-state index contributed by atoms with van der Waals surface area (Å²) in [4.78, 5) is 0. The Labute approximate surface area is 144 Å². The summed E-state index contributed by atoms with van der Waals surface area (Å²) in [6, 6.07) is 5.89. The molecule has 1 aliphatic carbocycles. The summed E-state index contributed by atoms with van der Waals surface area (Å²) in [5.41, 5.74) is 5.31. The van der Waals surface area contributed by atoms with Gasteiger partial charge in [-0.25, -0.2) is 0 Å². The molecule has 3 rings (SSSR count). The lowest BCUT2D eigenvalue weighted by Gasteiger charge is -2.17. The van der Waals surface area contributed by atoms with Gasteiger partial charge < -0.3 is 18.9 Å². The Kier molecular flexibility index (Phi) is 4.39. The van der Waals surface area contributed by atoms with E-state index in [9.17, 15) is 0 Å². The van der Waals surface area contributed by atoms with Gasteiger partial charge in [0.25, 0.3) is 0 Å². The van der Waals surface area contributed by atoms with Crippen LogP contribution in [0.15, 0.2) is 18.2 Å². The van der Waals surface area contributed by atoms with E-state index in [1.807, 2.05) is 18.2 Å². The highest BCUT2D eigenvalue weighted by Gasteiger charge is 2.32. The molecule has 0 N–H and O–H groups in total. The van der Waals surface area contributed by atoms with Gasteiger partial charge in [-0.05, 0) is 18.2 Å². The predicted octanol–water partition coefficient (Wildman–Crippen LogP) is 4.19. The number of hydrogen-bond acceptors (Lipinski definition) is 4. The number of ether oxygens (including phenoxy) is 4. The molecule has 5 heteroatoms. The van der Waals surface area contributed by atoms with Crippen LogP contribution in [0, 0.1) is 0 Å². The quantitative estimate of drug-likeness (QED) is 0.623. The van der Waals surface area contributed by atoms with Gasteiger partial charge in [-0.1, -0.05) is 15.9 Å². The monoisotopic (exact) mass is 378 g/mol. The van der Waals surface area contributed by atoms with Crippen LogP contribution in [0.3, 0.4) is 0 Å². The van der Waals surface area contributed by atoms with Crippen LogP contribution in [0.1, 0.15) is 16.7 Å². The highest BCUT2D eigenvalue weighted by Crippen LogP contribution is 2.54. The number of fused-ring (bicyclic) bond motifs is 3. The van der Waals surface area contributed by atoms with E-state index in [1.165, 1.54) is 0 Å². The summed E-state index contributed by atoms with van der Waals surface area (Å²) in [6.07, 6.45) is 0.729. The van der Waals surface area contributed by atoms with E-state index in [2.05, 4.69) is 15.9 Å². The Bertz CT molecular complexity index is 755. The number of alkyl halides is 1. The van der Waals surface area contributed by atoms with E-state index >= 15 is 0 Å². The van der Waals surface area contributed by atoms with Crippen LogP contribution < -0.4 is 18.9 Å². The van der Waals surface area contributed by atoms with Crippen LogP contribution in [0.25, 0.3) is 11.1 Å². The van der Waals surface area contributed by atoms with Crippen molar-refractivity contribution in [1.82, 2.24) is 0 Å². The molecule has 0 saturated carbocycles. The molecule has 0 aromatic heterocycles. The third kappa shape index (κ3) is 2.34. The Hall–Kier alpha value is -1.88. The minimum atomic E-state index is 0.682. The van der Waals surface area contributed by atoms with Crippen molar-refractivity contribution < 1.29 is 18.9 Å². The van der Waals surface area contributed by atoms with Gasteiger partial charge in [0.15, 0.2) is 0 Å². The van der Waals surface area contributed by atoms with Gasteiger partial charge in [0.2, 0.25) is 0 Å². The number of rotatable bonds is 5. The normalized spacial score (nSPS) is 11.7. The fourth-order valence-corrected chi connectivity index (χ4v) is 3.70. The molecule has 2 aromatic carbocycles. The van der Waals surface area contributed by atoms with E-state index in [0.29, 0.717) is 5.33 Å². The summed E-state index contributed by atoms with van der Waals surface area (Å²) in [5.74, 6) is 3.37. The van der Waals surface area contributed by atoms with Crippen molar-refractivity contribution in [3.05, 3.63) is 34.9 Å². The van der Waals surface area contributed by atoms with Crippen molar-refractivity contribution in [3.63, 3.8) is 0 Å². The van der Waals surface area contributed by atoms with Crippen LogP contribution in [0.4, 0.5) is 0 Å². The smallest absolute Gasteiger partial charge is 0.131 e. The van der Waals surface area contributed by atoms with Crippen molar-refractivity contribution in [2.75, 3.05) is 28.4 Å². The number of benzene rings is 2. The van der Waals surface area contributed by atoms with E-state index in [-0.39, 0.29) is 0 Å². The minimum Gasteiger partial charge on any atom is -0.496 e. The summed E-state index contributed by atoms with van der Waals surface area (Å²) in [7, 11) is 6.75. The fourth-order valence-electron chi connectivity index (χ4n) is 3.28. The molecule has 0 spiro atoms. The van der Waals surface area contributed by atoms with Gasteiger partial charge in [-0.3, -0.25) is 0 Å². The molecule has 0 atom stereocenters. The van der Waals surface area contributed by atoms with Gasteiger partial charge in [-0.15, -0.1) is 0 Å². The SMILES string of the molecule is COc1ccc(OC)c2c1Cc1c(OC)cc(CBr)c(OC)c1-2. The van der Waals surface area contributed by atoms with Gasteiger partial charge in [0, 0.05) is 39.6 Å². The first-order chi connectivity index (χ1) is 11.2. The van der Waals surface area contributed by atoms with Crippen LogP contribution in [0.2, 0.25) is 0 Å². The molecule has 0 heterocycles. The maximum absolute atomic E-state index is 5.73. The third-order valence-electron chi connectivity index (χ3n) is 4.27. The zero-order valence-corrected chi connectivity index (χ0v) is 15.2. The third-order valence-corrected chi connectivity index (χ3v) is 4.87. The van der Waals surface area contributed by atoms with Crippen molar-refractivity contribution in [3.8, 4) is 34.1 Å². The van der Waals surface area contributed by atoms with Crippen molar-refractivity contribution in [1.29, 1.82) is 0 Å². The molecule has 0 fully saturated rings. The Balaban J connectivity index is 2.39. The lowest BCUT2D eigenvalue weighted by Crippen LogP contribution is -1.98. The van der Waals surface area contributed by atoms with Crippen molar-refractivity contribution in [2.24, 2.45) is 0 Å². The van der Waals surface area contributed by atoms with Gasteiger partial charge in [0.1, 0.15) is 23.0 Å². The van der Waals surface area contributed by atoms with Gasteiger partial charge in [-0.2, -0.15) is 0 Å². The number of hydrogen-bond donors (Lipinski definition) is 0. The largest absolute Gasteiger partial charge is 0.496 e. The molecular formula is C18H19BrO4. The van der Waals surface area contributed by atoms with Crippen molar-refractivity contribution in [2.45, 2.75) is 11.8 Å². The number of halogens is 1. The zero-order chi connectivity index (χ0) is 16.6. The molecule has 1 aliphatic rings. The molecule has 4 nitrogen and oxygen atoms in total. The number of methoxy groups -OCH3 is 4. The maximum Gasteiger partial charge on any atom is 0.131 e. The Morgan fingerprint density at radius 1 is 0.826 bits per heavy atom.